The number of amides is 1. The molecule has 4 rings (SSSR count). The molecule has 0 radical (unpaired) electrons. The Morgan fingerprint density at radius 1 is 1.19 bits per heavy atom. The number of carbonyl (C=O) groups is 1. The van der Waals surface area contributed by atoms with Gasteiger partial charge in [-0.15, -0.1) is 0 Å². The molecule has 1 amide bonds. The lowest BCUT2D eigenvalue weighted by molar-refractivity contribution is 0.0697. The quantitative estimate of drug-likeness (QED) is 0.774. The SMILES string of the molecule is Cc1cn(-c2ccccc2)nc1C(=O)N1CCCC(c2nc(C)c(C)[nH]2)C1. The highest BCUT2D eigenvalue weighted by atomic mass is 16.2. The van der Waals surface area contributed by atoms with E-state index in [-0.39, 0.29) is 11.8 Å². The molecule has 0 bridgehead atoms. The third kappa shape index (κ3) is 3.39. The smallest absolute Gasteiger partial charge is 0.274 e. The number of aromatic amines is 1. The Bertz CT molecular complexity index is 937. The normalized spacial score (nSPS) is 17.3. The first-order valence-corrected chi connectivity index (χ1v) is 9.47. The van der Waals surface area contributed by atoms with Crippen molar-refractivity contribution in [3.8, 4) is 5.69 Å². The van der Waals surface area contributed by atoms with Crippen LogP contribution in [0.2, 0.25) is 0 Å². The van der Waals surface area contributed by atoms with E-state index in [4.69, 9.17) is 0 Å². The van der Waals surface area contributed by atoms with Crippen molar-refractivity contribution in [1.82, 2.24) is 24.6 Å². The van der Waals surface area contributed by atoms with Crippen molar-refractivity contribution >= 4 is 5.91 Å². The molecule has 0 aliphatic carbocycles. The van der Waals surface area contributed by atoms with Crippen LogP contribution in [0, 0.1) is 20.8 Å². The molecule has 1 aliphatic rings. The minimum atomic E-state index is 0.00637. The standard InChI is InChI=1S/C21H25N5O/c1-14-12-26(18-9-5-4-6-10-18)24-19(14)21(27)25-11-7-8-17(13-25)20-22-15(2)16(3)23-20/h4-6,9-10,12,17H,7-8,11,13H2,1-3H3,(H,22,23). The lowest BCUT2D eigenvalue weighted by Crippen LogP contribution is -2.39. The molecule has 1 N–H and O–H groups in total. The summed E-state index contributed by atoms with van der Waals surface area (Å²) in [5, 5.41) is 4.57. The van der Waals surface area contributed by atoms with Crippen molar-refractivity contribution in [1.29, 1.82) is 0 Å². The number of para-hydroxylation sites is 1. The summed E-state index contributed by atoms with van der Waals surface area (Å²) < 4.78 is 1.78. The second-order valence-corrected chi connectivity index (χ2v) is 7.36. The number of imidazole rings is 1. The average molecular weight is 363 g/mol. The van der Waals surface area contributed by atoms with Gasteiger partial charge >= 0.3 is 0 Å². The summed E-state index contributed by atoms with van der Waals surface area (Å²) in [6.07, 6.45) is 3.95. The Labute approximate surface area is 159 Å². The maximum Gasteiger partial charge on any atom is 0.274 e. The van der Waals surface area contributed by atoms with Crippen molar-refractivity contribution in [2.75, 3.05) is 13.1 Å². The van der Waals surface area contributed by atoms with Crippen LogP contribution in [-0.2, 0) is 0 Å². The monoisotopic (exact) mass is 363 g/mol. The number of aromatic nitrogens is 4. The second-order valence-electron chi connectivity index (χ2n) is 7.36. The van der Waals surface area contributed by atoms with E-state index in [1.165, 1.54) is 0 Å². The predicted molar refractivity (Wildman–Crippen MR) is 104 cm³/mol. The van der Waals surface area contributed by atoms with Crippen molar-refractivity contribution in [2.45, 2.75) is 39.5 Å². The van der Waals surface area contributed by atoms with Crippen LogP contribution >= 0.6 is 0 Å². The van der Waals surface area contributed by atoms with Crippen LogP contribution in [0.4, 0.5) is 0 Å². The Kier molecular flexibility index (Phi) is 4.56. The number of piperidine rings is 1. The molecule has 0 saturated carbocycles. The number of nitrogens with zero attached hydrogens (tertiary/aromatic N) is 4. The number of carbonyl (C=O) groups excluding carboxylic acids is 1. The van der Waals surface area contributed by atoms with E-state index in [1.807, 2.05) is 62.2 Å². The van der Waals surface area contributed by atoms with E-state index >= 15 is 0 Å². The van der Waals surface area contributed by atoms with E-state index in [0.717, 1.165) is 47.8 Å². The maximum absolute atomic E-state index is 13.1. The van der Waals surface area contributed by atoms with Crippen molar-refractivity contribution < 1.29 is 4.79 Å². The van der Waals surface area contributed by atoms with Crippen molar-refractivity contribution in [3.63, 3.8) is 0 Å². The molecule has 3 heterocycles. The number of rotatable bonds is 3. The van der Waals surface area contributed by atoms with E-state index in [2.05, 4.69) is 15.1 Å². The van der Waals surface area contributed by atoms with Gasteiger partial charge in [0.2, 0.25) is 0 Å². The average Bonchev–Trinajstić information content (AvgIpc) is 3.24. The highest BCUT2D eigenvalue weighted by molar-refractivity contribution is 5.93. The zero-order chi connectivity index (χ0) is 19.0. The van der Waals surface area contributed by atoms with Gasteiger partial charge in [0.15, 0.2) is 5.69 Å². The van der Waals surface area contributed by atoms with E-state index in [0.29, 0.717) is 12.2 Å². The van der Waals surface area contributed by atoms with Gasteiger partial charge < -0.3 is 9.88 Å². The number of aryl methyl sites for hydroxylation is 3. The molecule has 1 aromatic carbocycles. The lowest BCUT2D eigenvalue weighted by atomic mass is 9.97. The maximum atomic E-state index is 13.1. The minimum Gasteiger partial charge on any atom is -0.346 e. The third-order valence-electron chi connectivity index (χ3n) is 5.36. The molecule has 0 spiro atoms. The fourth-order valence-corrected chi connectivity index (χ4v) is 3.69. The highest BCUT2D eigenvalue weighted by Crippen LogP contribution is 2.27. The molecule has 27 heavy (non-hydrogen) atoms. The first kappa shape index (κ1) is 17.5. The summed E-state index contributed by atoms with van der Waals surface area (Å²) in [6.45, 7) is 7.45. The van der Waals surface area contributed by atoms with E-state index in [1.54, 1.807) is 4.68 Å². The van der Waals surface area contributed by atoms with Crippen LogP contribution in [0.1, 0.15) is 52.0 Å². The van der Waals surface area contributed by atoms with Gasteiger partial charge in [-0.3, -0.25) is 4.79 Å². The zero-order valence-corrected chi connectivity index (χ0v) is 16.1. The van der Waals surface area contributed by atoms with Gasteiger partial charge in [0, 0.05) is 36.5 Å². The van der Waals surface area contributed by atoms with Crippen LogP contribution < -0.4 is 0 Å². The first-order valence-electron chi connectivity index (χ1n) is 9.47. The van der Waals surface area contributed by atoms with Gasteiger partial charge in [-0.25, -0.2) is 9.67 Å². The van der Waals surface area contributed by atoms with Crippen molar-refractivity contribution in [3.05, 3.63) is 65.0 Å². The topological polar surface area (TPSA) is 66.8 Å². The molecule has 1 fully saturated rings. The zero-order valence-electron chi connectivity index (χ0n) is 16.1. The molecule has 1 aliphatic heterocycles. The van der Waals surface area contributed by atoms with Crippen LogP contribution in [0.5, 0.6) is 0 Å². The van der Waals surface area contributed by atoms with Crippen molar-refractivity contribution in [2.24, 2.45) is 0 Å². The van der Waals surface area contributed by atoms with Gasteiger partial charge in [0.05, 0.1) is 11.4 Å². The molecule has 2 aromatic heterocycles. The molecule has 1 unspecified atom stereocenters. The Balaban J connectivity index is 1.55. The first-order chi connectivity index (χ1) is 13.0. The number of hydrogen-bond donors (Lipinski definition) is 1. The molecule has 6 nitrogen and oxygen atoms in total. The number of hydrogen-bond acceptors (Lipinski definition) is 3. The van der Waals surface area contributed by atoms with Crippen LogP contribution in [-0.4, -0.2) is 43.6 Å². The summed E-state index contributed by atoms with van der Waals surface area (Å²) in [7, 11) is 0. The molecule has 6 heteroatoms. The number of nitrogens with one attached hydrogen (secondary N) is 1. The number of likely N-dealkylation sites (tertiary alicyclic amines) is 1. The Morgan fingerprint density at radius 2 is 1.96 bits per heavy atom. The summed E-state index contributed by atoms with van der Waals surface area (Å²) >= 11 is 0. The fraction of sp³-hybridized carbons (Fsp3) is 0.381. The van der Waals surface area contributed by atoms with Gasteiger partial charge in [-0.1, -0.05) is 18.2 Å². The molecule has 3 aromatic rings. The van der Waals surface area contributed by atoms with Gasteiger partial charge in [0.25, 0.3) is 5.91 Å². The largest absolute Gasteiger partial charge is 0.346 e. The summed E-state index contributed by atoms with van der Waals surface area (Å²) in [6, 6.07) is 9.88. The fourth-order valence-electron chi connectivity index (χ4n) is 3.69. The molecular weight excluding hydrogens is 338 g/mol. The van der Waals surface area contributed by atoms with Gasteiger partial charge in [-0.2, -0.15) is 5.10 Å². The van der Waals surface area contributed by atoms with E-state index < -0.39 is 0 Å². The summed E-state index contributed by atoms with van der Waals surface area (Å²) in [5.41, 5.74) is 4.52. The van der Waals surface area contributed by atoms with Gasteiger partial charge in [0.1, 0.15) is 5.82 Å². The van der Waals surface area contributed by atoms with Crippen LogP contribution in [0.3, 0.4) is 0 Å². The second kappa shape index (κ2) is 7.02. The third-order valence-corrected chi connectivity index (χ3v) is 5.36. The summed E-state index contributed by atoms with van der Waals surface area (Å²) in [4.78, 5) is 23.1. The molecule has 1 atom stereocenters. The van der Waals surface area contributed by atoms with E-state index in [9.17, 15) is 4.79 Å². The number of benzene rings is 1. The molecule has 1 saturated heterocycles. The highest BCUT2D eigenvalue weighted by Gasteiger charge is 2.29. The number of H-pyrrole nitrogens is 1. The predicted octanol–water partition coefficient (Wildman–Crippen LogP) is 3.54. The Hall–Kier alpha value is -2.89. The minimum absolute atomic E-state index is 0.00637. The molecular formula is C21H25N5O. The van der Waals surface area contributed by atoms with Crippen LogP contribution in [0.15, 0.2) is 36.5 Å². The lowest BCUT2D eigenvalue weighted by Gasteiger charge is -2.31. The van der Waals surface area contributed by atoms with Gasteiger partial charge in [-0.05, 0) is 45.7 Å². The summed E-state index contributed by atoms with van der Waals surface area (Å²) in [5.74, 6) is 1.26. The van der Waals surface area contributed by atoms with Crippen LogP contribution in [0.25, 0.3) is 5.69 Å². The molecule has 140 valence electrons. The Morgan fingerprint density at radius 3 is 2.67 bits per heavy atom.